The predicted octanol–water partition coefficient (Wildman–Crippen LogP) is 5.32. The largest absolute Gasteiger partial charge is 0.454 e. The summed E-state index contributed by atoms with van der Waals surface area (Å²) >= 11 is 1.56. The molecule has 5 aromatic rings. The average Bonchev–Trinajstić information content (AvgIpc) is 3.68. The molecule has 7 rings (SSSR count). The van der Waals surface area contributed by atoms with E-state index in [-0.39, 0.29) is 30.4 Å². The molecule has 172 valence electrons. The number of carbonyl (C=O) groups excluding carboxylic acids is 1. The number of benzene rings is 2. The monoisotopic (exact) mass is 482 g/mol. The van der Waals surface area contributed by atoms with E-state index >= 15 is 0 Å². The minimum Gasteiger partial charge on any atom is -0.454 e. The molecule has 1 atom stereocenters. The highest BCUT2D eigenvalue weighted by Crippen LogP contribution is 2.42. The lowest BCUT2D eigenvalue weighted by molar-refractivity contribution is 0.0685. The third-order valence-electron chi connectivity index (χ3n) is 6.55. The van der Waals surface area contributed by atoms with E-state index in [9.17, 15) is 9.59 Å². The first-order chi connectivity index (χ1) is 17.2. The van der Waals surface area contributed by atoms with Crippen molar-refractivity contribution in [3.05, 3.63) is 104 Å². The van der Waals surface area contributed by atoms with E-state index in [2.05, 4.69) is 4.98 Å². The van der Waals surface area contributed by atoms with E-state index in [1.165, 1.54) is 0 Å². The fourth-order valence-corrected chi connectivity index (χ4v) is 5.52. The molecule has 0 saturated heterocycles. The topological polar surface area (TPSA) is 84.8 Å². The molecule has 0 fully saturated rings. The van der Waals surface area contributed by atoms with Crippen molar-refractivity contribution >= 4 is 28.1 Å². The number of pyridine rings is 1. The van der Waals surface area contributed by atoms with Gasteiger partial charge in [-0.3, -0.25) is 9.59 Å². The molecule has 7 nitrogen and oxygen atoms in total. The molecule has 0 aliphatic carbocycles. The Balaban J connectivity index is 1.37. The van der Waals surface area contributed by atoms with Gasteiger partial charge >= 0.3 is 0 Å². The van der Waals surface area contributed by atoms with Crippen molar-refractivity contribution < 1.29 is 18.7 Å². The summed E-state index contributed by atoms with van der Waals surface area (Å²) in [5, 5.41) is 4.53. The number of aromatic nitrogens is 1. The number of carbonyl (C=O) groups is 1. The van der Waals surface area contributed by atoms with Crippen molar-refractivity contribution in [3.63, 3.8) is 0 Å². The highest BCUT2D eigenvalue weighted by molar-refractivity contribution is 7.08. The summed E-state index contributed by atoms with van der Waals surface area (Å²) in [5.74, 6) is 1.84. The van der Waals surface area contributed by atoms with E-state index in [1.807, 2.05) is 53.2 Å². The number of ether oxygens (including phenoxy) is 2. The van der Waals surface area contributed by atoms with Crippen molar-refractivity contribution in [1.29, 1.82) is 0 Å². The van der Waals surface area contributed by atoms with Crippen LogP contribution in [-0.4, -0.2) is 22.6 Å². The van der Waals surface area contributed by atoms with Crippen molar-refractivity contribution in [1.82, 2.24) is 9.88 Å². The van der Waals surface area contributed by atoms with E-state index in [1.54, 1.807) is 34.4 Å². The van der Waals surface area contributed by atoms with Gasteiger partial charge in [0.15, 0.2) is 22.7 Å². The van der Waals surface area contributed by atoms with Gasteiger partial charge in [0.25, 0.3) is 5.91 Å². The second-order valence-corrected chi connectivity index (χ2v) is 9.30. The van der Waals surface area contributed by atoms with E-state index in [0.717, 1.165) is 16.6 Å². The van der Waals surface area contributed by atoms with Gasteiger partial charge in [0.2, 0.25) is 6.79 Å². The van der Waals surface area contributed by atoms with Crippen LogP contribution in [-0.2, 0) is 6.54 Å². The summed E-state index contributed by atoms with van der Waals surface area (Å²) in [7, 11) is 0. The van der Waals surface area contributed by atoms with Crippen molar-refractivity contribution in [2.24, 2.45) is 0 Å². The Bertz CT molecular complexity index is 1670. The Kier molecular flexibility index (Phi) is 4.37. The van der Waals surface area contributed by atoms with Crippen LogP contribution < -0.4 is 14.9 Å². The van der Waals surface area contributed by atoms with Crippen LogP contribution in [0.15, 0.2) is 80.6 Å². The quantitative estimate of drug-likeness (QED) is 0.376. The number of hydrogen-bond donors (Lipinski definition) is 1. The fraction of sp³-hybridized carbons (Fsp3) is 0.111. The van der Waals surface area contributed by atoms with Gasteiger partial charge < -0.3 is 23.8 Å². The van der Waals surface area contributed by atoms with Gasteiger partial charge in [0.1, 0.15) is 5.76 Å². The number of para-hydroxylation sites is 1. The van der Waals surface area contributed by atoms with Crippen LogP contribution in [0.2, 0.25) is 0 Å². The average molecular weight is 483 g/mol. The standard InChI is InChI=1S/C27H18N2O5S/c30-26-17-3-1-2-4-19(17)28-24-18(26)12-29(25(24)15-5-6-21-23(11-15)33-14-32-21)27(31)22-8-7-20(34-22)16-9-10-35-13-16/h1-11,13,25H,12,14H2,(H,28,30). The molecule has 0 spiro atoms. The summed E-state index contributed by atoms with van der Waals surface area (Å²) in [4.78, 5) is 32.3. The maximum atomic E-state index is 13.8. The van der Waals surface area contributed by atoms with Gasteiger partial charge in [-0.15, -0.1) is 0 Å². The lowest BCUT2D eigenvalue weighted by Gasteiger charge is -2.25. The van der Waals surface area contributed by atoms with E-state index in [4.69, 9.17) is 13.9 Å². The Labute approximate surface area is 203 Å². The lowest BCUT2D eigenvalue weighted by Crippen LogP contribution is -2.30. The number of amides is 1. The second kappa shape index (κ2) is 7.61. The summed E-state index contributed by atoms with van der Waals surface area (Å²) in [6, 6.07) is 17.9. The Morgan fingerprint density at radius 3 is 2.80 bits per heavy atom. The number of hydrogen-bond acceptors (Lipinski definition) is 6. The van der Waals surface area contributed by atoms with Gasteiger partial charge in [-0.25, -0.2) is 0 Å². The molecular weight excluding hydrogens is 464 g/mol. The van der Waals surface area contributed by atoms with Crippen LogP contribution in [0.1, 0.15) is 33.4 Å². The lowest BCUT2D eigenvalue weighted by atomic mass is 10.0. The second-order valence-electron chi connectivity index (χ2n) is 8.52. The number of aromatic amines is 1. The van der Waals surface area contributed by atoms with E-state index < -0.39 is 6.04 Å². The first-order valence-electron chi connectivity index (χ1n) is 11.1. The van der Waals surface area contributed by atoms with Crippen molar-refractivity contribution in [2.75, 3.05) is 6.79 Å². The predicted molar refractivity (Wildman–Crippen MR) is 131 cm³/mol. The molecule has 1 unspecified atom stereocenters. The molecule has 0 saturated carbocycles. The molecule has 1 N–H and O–H groups in total. The number of H-pyrrole nitrogens is 1. The van der Waals surface area contributed by atoms with Gasteiger partial charge in [-0.05, 0) is 53.4 Å². The maximum Gasteiger partial charge on any atom is 0.290 e. The van der Waals surface area contributed by atoms with Crippen LogP contribution in [0.4, 0.5) is 0 Å². The van der Waals surface area contributed by atoms with Gasteiger partial charge in [0.05, 0.1) is 18.3 Å². The first-order valence-corrected chi connectivity index (χ1v) is 12.1. The summed E-state index contributed by atoms with van der Waals surface area (Å²) < 4.78 is 17.0. The number of furan rings is 1. The first kappa shape index (κ1) is 20.1. The zero-order valence-corrected chi connectivity index (χ0v) is 19.1. The number of thiophene rings is 1. The number of fused-ring (bicyclic) bond motifs is 3. The van der Waals surface area contributed by atoms with Crippen molar-refractivity contribution in [2.45, 2.75) is 12.6 Å². The van der Waals surface area contributed by atoms with Gasteiger partial charge in [0, 0.05) is 27.4 Å². The molecular formula is C27H18N2O5S. The third-order valence-corrected chi connectivity index (χ3v) is 7.23. The molecule has 2 aliphatic rings. The third kappa shape index (κ3) is 3.10. The van der Waals surface area contributed by atoms with Gasteiger partial charge in [-0.1, -0.05) is 18.2 Å². The SMILES string of the molecule is O=C(c1ccc(-c2ccsc2)o1)N1Cc2c([nH]c3ccccc3c2=O)C1c1ccc2c(c1)OCO2. The molecule has 35 heavy (non-hydrogen) atoms. The molecule has 2 aromatic carbocycles. The molecule has 8 heteroatoms. The van der Waals surface area contributed by atoms with Crippen molar-refractivity contribution in [3.8, 4) is 22.8 Å². The molecule has 0 bridgehead atoms. The van der Waals surface area contributed by atoms with Crippen LogP contribution in [0.25, 0.3) is 22.2 Å². The summed E-state index contributed by atoms with van der Waals surface area (Å²) in [6.07, 6.45) is 0. The van der Waals surface area contributed by atoms with E-state index in [0.29, 0.717) is 33.9 Å². The Morgan fingerprint density at radius 1 is 1.03 bits per heavy atom. The number of nitrogens with one attached hydrogen (secondary N) is 1. The Morgan fingerprint density at radius 2 is 1.91 bits per heavy atom. The minimum absolute atomic E-state index is 0.0752. The highest BCUT2D eigenvalue weighted by atomic mass is 32.1. The molecule has 3 aromatic heterocycles. The van der Waals surface area contributed by atoms with Crippen LogP contribution in [0, 0.1) is 0 Å². The van der Waals surface area contributed by atoms with Crippen LogP contribution in [0.5, 0.6) is 11.5 Å². The zero-order chi connectivity index (χ0) is 23.5. The smallest absolute Gasteiger partial charge is 0.290 e. The zero-order valence-electron chi connectivity index (χ0n) is 18.3. The molecule has 0 radical (unpaired) electrons. The van der Waals surface area contributed by atoms with Crippen LogP contribution in [0.3, 0.4) is 0 Å². The highest BCUT2D eigenvalue weighted by Gasteiger charge is 2.39. The molecule has 2 aliphatic heterocycles. The number of nitrogens with zero attached hydrogens (tertiary/aromatic N) is 1. The Hall–Kier alpha value is -4.30. The molecule has 5 heterocycles. The van der Waals surface area contributed by atoms with Crippen LogP contribution >= 0.6 is 11.3 Å². The fourth-order valence-electron chi connectivity index (χ4n) is 4.88. The van der Waals surface area contributed by atoms with Gasteiger partial charge in [-0.2, -0.15) is 11.3 Å². The maximum absolute atomic E-state index is 13.8. The normalized spacial score (nSPS) is 16.1. The summed E-state index contributed by atoms with van der Waals surface area (Å²) in [5.41, 5.74) is 3.67. The number of rotatable bonds is 3. The molecule has 1 amide bonds. The minimum atomic E-state index is -0.515. The summed E-state index contributed by atoms with van der Waals surface area (Å²) in [6.45, 7) is 0.323.